The Bertz CT molecular complexity index is 466. The predicted molar refractivity (Wildman–Crippen MR) is 52.8 cm³/mol. The van der Waals surface area contributed by atoms with E-state index < -0.39 is 5.97 Å². The molecule has 2 rings (SSSR count). The number of carbonyl (C=O) groups is 1. The van der Waals surface area contributed by atoms with Crippen molar-refractivity contribution >= 4 is 28.4 Å². The van der Waals surface area contributed by atoms with Crippen molar-refractivity contribution in [3.05, 3.63) is 24.3 Å². The van der Waals surface area contributed by atoms with Crippen molar-refractivity contribution in [2.24, 2.45) is 0 Å². The van der Waals surface area contributed by atoms with Crippen LogP contribution in [0.4, 0.5) is 0 Å². The average molecular weight is 209 g/mol. The molecule has 1 heterocycles. The zero-order valence-electron chi connectivity index (χ0n) is 7.14. The molecular weight excluding hydrogens is 202 g/mol. The molecule has 0 bridgehead atoms. The molecule has 0 amide bonds. The van der Waals surface area contributed by atoms with Crippen LogP contribution in [0.15, 0.2) is 24.3 Å². The number of fused-ring (bicyclic) bond motifs is 1. The average Bonchev–Trinajstić information content (AvgIpc) is 2.58. The summed E-state index contributed by atoms with van der Waals surface area (Å²) in [4.78, 5) is 10.3. The van der Waals surface area contributed by atoms with Gasteiger partial charge in [0.25, 0.3) is 0 Å². The Kier molecular flexibility index (Phi) is 2.32. The zero-order valence-corrected chi connectivity index (χ0v) is 7.95. The second kappa shape index (κ2) is 3.63. The van der Waals surface area contributed by atoms with Gasteiger partial charge in [-0.3, -0.25) is 0 Å². The normalized spacial score (nSPS) is 10.3. The lowest BCUT2D eigenvalue weighted by Crippen LogP contribution is -2.08. The highest BCUT2D eigenvalue weighted by Crippen LogP contribution is 2.29. The van der Waals surface area contributed by atoms with Crippen molar-refractivity contribution in [2.75, 3.05) is 6.61 Å². The van der Waals surface area contributed by atoms with Crippen molar-refractivity contribution in [3.8, 4) is 5.06 Å². The largest absolute Gasteiger partial charge is 0.479 e. The molecule has 0 aliphatic heterocycles. The first kappa shape index (κ1) is 8.96. The standard InChI is InChI=1S/C9H7NO3S/c11-8(12)5-13-9-6-3-1-2-4-7(6)10-14-9/h1-4H,5H2,(H,11,12). The van der Waals surface area contributed by atoms with Crippen LogP contribution >= 0.6 is 11.5 Å². The highest BCUT2D eigenvalue weighted by Gasteiger charge is 2.07. The van der Waals surface area contributed by atoms with E-state index in [1.54, 1.807) is 0 Å². The van der Waals surface area contributed by atoms with E-state index in [1.807, 2.05) is 24.3 Å². The maximum absolute atomic E-state index is 10.3. The summed E-state index contributed by atoms with van der Waals surface area (Å²) in [6.45, 7) is -0.327. The third-order valence-corrected chi connectivity index (χ3v) is 2.47. The van der Waals surface area contributed by atoms with Crippen LogP contribution in [-0.4, -0.2) is 22.1 Å². The first-order valence-electron chi connectivity index (χ1n) is 3.96. The lowest BCUT2D eigenvalue weighted by molar-refractivity contribution is -0.139. The van der Waals surface area contributed by atoms with E-state index >= 15 is 0 Å². The second-order valence-electron chi connectivity index (χ2n) is 2.67. The van der Waals surface area contributed by atoms with E-state index in [9.17, 15) is 4.79 Å². The third-order valence-electron chi connectivity index (χ3n) is 1.68. The van der Waals surface area contributed by atoms with Crippen LogP contribution in [0.25, 0.3) is 10.9 Å². The fraction of sp³-hybridized carbons (Fsp3) is 0.111. The minimum absolute atomic E-state index is 0.327. The molecule has 0 aliphatic carbocycles. The quantitative estimate of drug-likeness (QED) is 0.836. The summed E-state index contributed by atoms with van der Waals surface area (Å²) in [5.74, 6) is -0.984. The lowest BCUT2D eigenvalue weighted by atomic mass is 10.3. The first-order valence-corrected chi connectivity index (χ1v) is 4.74. The summed E-state index contributed by atoms with van der Waals surface area (Å²) in [7, 11) is 0. The minimum atomic E-state index is -0.984. The van der Waals surface area contributed by atoms with E-state index in [2.05, 4.69) is 4.37 Å². The van der Waals surface area contributed by atoms with E-state index in [1.165, 1.54) is 11.5 Å². The van der Waals surface area contributed by atoms with Gasteiger partial charge in [-0.25, -0.2) is 4.79 Å². The lowest BCUT2D eigenvalue weighted by Gasteiger charge is -1.98. The van der Waals surface area contributed by atoms with Crippen LogP contribution in [0, 0.1) is 0 Å². The van der Waals surface area contributed by atoms with Gasteiger partial charge in [0.15, 0.2) is 6.61 Å². The van der Waals surface area contributed by atoms with Gasteiger partial charge in [-0.15, -0.1) is 0 Å². The van der Waals surface area contributed by atoms with E-state index in [-0.39, 0.29) is 6.61 Å². The van der Waals surface area contributed by atoms with Gasteiger partial charge in [0, 0.05) is 11.5 Å². The molecule has 14 heavy (non-hydrogen) atoms. The van der Waals surface area contributed by atoms with Crippen LogP contribution in [0.2, 0.25) is 0 Å². The molecule has 1 aromatic carbocycles. The molecular formula is C9H7NO3S. The Morgan fingerprint density at radius 1 is 1.50 bits per heavy atom. The van der Waals surface area contributed by atoms with Crippen LogP contribution < -0.4 is 4.74 Å². The summed E-state index contributed by atoms with van der Waals surface area (Å²) in [5.41, 5.74) is 0.831. The molecule has 0 radical (unpaired) electrons. The van der Waals surface area contributed by atoms with E-state index in [0.29, 0.717) is 5.06 Å². The van der Waals surface area contributed by atoms with Crippen LogP contribution in [0.3, 0.4) is 0 Å². The molecule has 0 unspecified atom stereocenters. The van der Waals surface area contributed by atoms with Gasteiger partial charge >= 0.3 is 5.97 Å². The second-order valence-corrected chi connectivity index (χ2v) is 3.41. The number of aromatic nitrogens is 1. The summed E-state index contributed by atoms with van der Waals surface area (Å²) in [6, 6.07) is 7.46. The maximum atomic E-state index is 10.3. The molecule has 2 aromatic rings. The smallest absolute Gasteiger partial charge is 0.341 e. The number of ether oxygens (including phenoxy) is 1. The number of rotatable bonds is 3. The van der Waals surface area contributed by atoms with Gasteiger partial charge in [-0.2, -0.15) is 4.37 Å². The van der Waals surface area contributed by atoms with Crippen molar-refractivity contribution in [3.63, 3.8) is 0 Å². The monoisotopic (exact) mass is 209 g/mol. The molecule has 0 atom stereocenters. The Morgan fingerprint density at radius 2 is 2.29 bits per heavy atom. The molecule has 0 fully saturated rings. The first-order chi connectivity index (χ1) is 6.77. The highest BCUT2D eigenvalue weighted by atomic mass is 32.1. The Hall–Kier alpha value is -1.62. The van der Waals surface area contributed by atoms with E-state index in [4.69, 9.17) is 9.84 Å². The molecule has 72 valence electrons. The Balaban J connectivity index is 2.29. The number of nitrogens with zero attached hydrogens (tertiary/aromatic N) is 1. The summed E-state index contributed by atoms with van der Waals surface area (Å²) in [5, 5.41) is 9.86. The molecule has 1 aromatic heterocycles. The van der Waals surface area contributed by atoms with Gasteiger partial charge in [0.2, 0.25) is 5.06 Å². The van der Waals surface area contributed by atoms with Crippen LogP contribution in [0.1, 0.15) is 0 Å². The number of carboxylic acid groups (broad SMARTS) is 1. The van der Waals surface area contributed by atoms with Crippen molar-refractivity contribution in [2.45, 2.75) is 0 Å². The fourth-order valence-corrected chi connectivity index (χ4v) is 1.82. The summed E-state index contributed by atoms with van der Waals surface area (Å²) < 4.78 is 9.20. The number of carboxylic acids is 1. The number of aliphatic carboxylic acids is 1. The van der Waals surface area contributed by atoms with Crippen molar-refractivity contribution < 1.29 is 14.6 Å². The van der Waals surface area contributed by atoms with Gasteiger partial charge in [0.05, 0.1) is 10.9 Å². The van der Waals surface area contributed by atoms with Gasteiger partial charge in [-0.1, -0.05) is 12.1 Å². The van der Waals surface area contributed by atoms with Gasteiger partial charge in [0.1, 0.15) is 0 Å². The Labute approximate surface area is 83.9 Å². The van der Waals surface area contributed by atoms with Crippen molar-refractivity contribution in [1.29, 1.82) is 0 Å². The molecule has 0 saturated heterocycles. The molecule has 0 saturated carbocycles. The highest BCUT2D eigenvalue weighted by molar-refractivity contribution is 7.09. The summed E-state index contributed by atoms with van der Waals surface area (Å²) in [6.07, 6.45) is 0. The number of hydrogen-bond donors (Lipinski definition) is 1. The maximum Gasteiger partial charge on any atom is 0.341 e. The molecule has 0 spiro atoms. The minimum Gasteiger partial charge on any atom is -0.479 e. The number of benzene rings is 1. The SMILES string of the molecule is O=C(O)COc1snc2ccccc12. The van der Waals surface area contributed by atoms with Gasteiger partial charge in [-0.05, 0) is 12.1 Å². The van der Waals surface area contributed by atoms with E-state index in [0.717, 1.165) is 10.9 Å². The fourth-order valence-electron chi connectivity index (χ4n) is 1.10. The van der Waals surface area contributed by atoms with Crippen molar-refractivity contribution in [1.82, 2.24) is 4.37 Å². The van der Waals surface area contributed by atoms with Gasteiger partial charge < -0.3 is 9.84 Å². The van der Waals surface area contributed by atoms with Crippen LogP contribution in [-0.2, 0) is 4.79 Å². The Morgan fingerprint density at radius 3 is 3.07 bits per heavy atom. The zero-order chi connectivity index (χ0) is 9.97. The van der Waals surface area contributed by atoms with Crippen LogP contribution in [0.5, 0.6) is 5.06 Å². The molecule has 1 N–H and O–H groups in total. The molecule has 5 heteroatoms. The molecule has 4 nitrogen and oxygen atoms in total. The molecule has 0 aliphatic rings. The number of hydrogen-bond acceptors (Lipinski definition) is 4. The predicted octanol–water partition coefficient (Wildman–Crippen LogP) is 1.76. The topological polar surface area (TPSA) is 59.4 Å². The third kappa shape index (κ3) is 1.67. The summed E-state index contributed by atoms with van der Waals surface area (Å²) >= 11 is 1.17.